The lowest BCUT2D eigenvalue weighted by atomic mass is 10.2. The van der Waals surface area contributed by atoms with Gasteiger partial charge in [-0.3, -0.25) is 0 Å². The highest BCUT2D eigenvalue weighted by atomic mass is 15.1. The lowest BCUT2D eigenvalue weighted by Gasteiger charge is -2.19. The quantitative estimate of drug-likeness (QED) is 0.428. The minimum absolute atomic E-state index is 1.13. The van der Waals surface area contributed by atoms with E-state index in [0.29, 0.717) is 0 Å². The predicted molar refractivity (Wildman–Crippen MR) is 110 cm³/mol. The summed E-state index contributed by atoms with van der Waals surface area (Å²) in [6, 6.07) is 8.78. The van der Waals surface area contributed by atoms with Crippen LogP contribution in [0.4, 0.5) is 5.69 Å². The van der Waals surface area contributed by atoms with E-state index in [0.717, 1.165) is 6.54 Å². The second-order valence-corrected chi connectivity index (χ2v) is 7.96. The molecule has 4 heteroatoms. The molecule has 0 aliphatic carbocycles. The van der Waals surface area contributed by atoms with Crippen molar-refractivity contribution in [1.82, 2.24) is 0 Å². The van der Waals surface area contributed by atoms with Gasteiger partial charge in [0.15, 0.2) is 0 Å². The Morgan fingerprint density at radius 1 is 0.800 bits per heavy atom. The largest absolute Gasteiger partial charge is 0.378 e. The molecule has 0 amide bonds. The molecule has 0 atom stereocenters. The van der Waals surface area contributed by atoms with Crippen molar-refractivity contribution >= 4 is 11.8 Å². The molecular weight excluding hydrogens is 308 g/mol. The summed E-state index contributed by atoms with van der Waals surface area (Å²) in [6.45, 7) is 6.20. The van der Waals surface area contributed by atoms with Gasteiger partial charge in [-0.15, -0.1) is 0 Å². The van der Waals surface area contributed by atoms with Crippen LogP contribution in [0.5, 0.6) is 0 Å². The van der Waals surface area contributed by atoms with E-state index >= 15 is 0 Å². The van der Waals surface area contributed by atoms with Gasteiger partial charge in [0.25, 0.3) is 0 Å². The molecule has 1 aromatic carbocycles. The molecule has 0 aliphatic rings. The van der Waals surface area contributed by atoms with Gasteiger partial charge in [0.1, 0.15) is 0 Å². The molecule has 0 heterocycles. The molecule has 142 valence electrons. The summed E-state index contributed by atoms with van der Waals surface area (Å²) < 4.78 is 0. The molecule has 1 rings (SSSR count). The first-order chi connectivity index (χ1) is 11.9. The molecule has 0 saturated heterocycles. The van der Waals surface area contributed by atoms with Gasteiger partial charge in [-0.1, -0.05) is 18.2 Å². The highest BCUT2D eigenvalue weighted by Crippen LogP contribution is 2.12. The first-order valence-corrected chi connectivity index (χ1v) is 9.74. The molecule has 0 radical (unpaired) electrons. The summed E-state index contributed by atoms with van der Waals surface area (Å²) in [7, 11) is 13.1. The van der Waals surface area contributed by atoms with Crippen LogP contribution in [0.3, 0.4) is 0 Å². The number of hydrogen-bond donors (Lipinski definition) is 3. The number of benzene rings is 1. The van der Waals surface area contributed by atoms with E-state index in [1.165, 1.54) is 50.3 Å². The Bertz CT molecular complexity index is 463. The Morgan fingerprint density at radius 3 is 1.76 bits per heavy atom. The van der Waals surface area contributed by atoms with Crippen molar-refractivity contribution in [2.45, 2.75) is 12.8 Å². The maximum Gasteiger partial charge on any atom is 0.0961 e. The van der Waals surface area contributed by atoms with E-state index in [2.05, 4.69) is 83.6 Å². The lowest BCUT2D eigenvalue weighted by molar-refractivity contribution is -0.909. The molecule has 0 aliphatic heterocycles. The van der Waals surface area contributed by atoms with Crippen LogP contribution in [-0.4, -0.2) is 75.0 Å². The maximum absolute atomic E-state index is 2.35. The minimum Gasteiger partial charge on any atom is -0.378 e. The third-order valence-electron chi connectivity index (χ3n) is 4.54. The van der Waals surface area contributed by atoms with E-state index < -0.39 is 0 Å². The van der Waals surface area contributed by atoms with Gasteiger partial charge in [-0.25, -0.2) is 0 Å². The fourth-order valence-electron chi connectivity index (χ4n) is 2.96. The maximum atomic E-state index is 2.35. The topological polar surface area (TPSA) is 16.6 Å². The van der Waals surface area contributed by atoms with Gasteiger partial charge in [0.2, 0.25) is 0 Å². The molecule has 25 heavy (non-hydrogen) atoms. The average molecular weight is 350 g/mol. The third-order valence-corrected chi connectivity index (χ3v) is 4.54. The van der Waals surface area contributed by atoms with Gasteiger partial charge in [0.05, 0.1) is 60.9 Å². The van der Waals surface area contributed by atoms with Crippen LogP contribution in [0.15, 0.2) is 30.3 Å². The summed E-state index contributed by atoms with van der Waals surface area (Å²) in [5, 5.41) is 0. The Balaban J connectivity index is 2.50. The van der Waals surface area contributed by atoms with Crippen LogP contribution in [0.1, 0.15) is 18.4 Å². The molecule has 0 unspecified atom stereocenters. The molecule has 0 bridgehead atoms. The van der Waals surface area contributed by atoms with Crippen molar-refractivity contribution in [3.05, 3.63) is 35.9 Å². The zero-order valence-corrected chi connectivity index (χ0v) is 17.4. The smallest absolute Gasteiger partial charge is 0.0961 e. The highest BCUT2D eigenvalue weighted by molar-refractivity contribution is 5.55. The summed E-state index contributed by atoms with van der Waals surface area (Å²) in [6.07, 6.45) is 7.23. The van der Waals surface area contributed by atoms with Crippen LogP contribution in [0.2, 0.25) is 0 Å². The van der Waals surface area contributed by atoms with Crippen LogP contribution in [0.25, 0.3) is 6.08 Å². The van der Waals surface area contributed by atoms with Gasteiger partial charge in [0, 0.05) is 32.6 Å². The molecular formula is C21H41N4+3. The number of hydrogen-bond acceptors (Lipinski definition) is 1. The van der Waals surface area contributed by atoms with Crippen molar-refractivity contribution in [3.8, 4) is 0 Å². The molecule has 1 aromatic rings. The monoisotopic (exact) mass is 349 g/mol. The van der Waals surface area contributed by atoms with E-state index in [4.69, 9.17) is 0 Å². The van der Waals surface area contributed by atoms with E-state index in [-0.39, 0.29) is 0 Å². The summed E-state index contributed by atoms with van der Waals surface area (Å²) in [4.78, 5) is 6.95. The summed E-state index contributed by atoms with van der Waals surface area (Å²) in [5.41, 5.74) is 2.54. The predicted octanol–water partition coefficient (Wildman–Crippen LogP) is -1.28. The Morgan fingerprint density at radius 2 is 1.32 bits per heavy atom. The Kier molecular flexibility index (Phi) is 10.5. The van der Waals surface area contributed by atoms with Crippen LogP contribution >= 0.6 is 0 Å². The number of nitrogens with zero attached hydrogens (tertiary/aromatic N) is 1. The molecule has 0 fully saturated rings. The van der Waals surface area contributed by atoms with Gasteiger partial charge in [-0.2, -0.15) is 0 Å². The van der Waals surface area contributed by atoms with Crippen LogP contribution in [-0.2, 0) is 0 Å². The fraction of sp³-hybridized carbons (Fsp3) is 0.619. The normalized spacial score (nSPS) is 12.0. The molecule has 0 saturated carbocycles. The molecule has 3 N–H and O–H groups in total. The zero-order valence-electron chi connectivity index (χ0n) is 17.4. The summed E-state index contributed by atoms with van der Waals surface area (Å²) >= 11 is 0. The van der Waals surface area contributed by atoms with Crippen molar-refractivity contribution in [2.75, 3.05) is 79.9 Å². The van der Waals surface area contributed by atoms with E-state index in [1.807, 2.05) is 0 Å². The Labute approximate surface area is 155 Å². The molecule has 0 spiro atoms. The number of nitrogens with one attached hydrogen (secondary N) is 3. The first kappa shape index (κ1) is 21.7. The SMILES string of the molecule is CN(C)c1ccc(/C=C/C[NH+](CCC[NH+](C)C)CCC[NH+](C)C)cc1. The molecule has 4 nitrogen and oxygen atoms in total. The average Bonchev–Trinajstić information content (AvgIpc) is 2.54. The van der Waals surface area contributed by atoms with Crippen LogP contribution < -0.4 is 19.6 Å². The first-order valence-electron chi connectivity index (χ1n) is 9.74. The van der Waals surface area contributed by atoms with Crippen molar-refractivity contribution in [2.24, 2.45) is 0 Å². The number of quaternary nitrogens is 3. The second kappa shape index (κ2) is 12.1. The standard InChI is InChI=1S/C21H38N4/c1-22(2)15-8-18-25(19-9-16-23(3)4)17-7-10-20-11-13-21(14-12-20)24(5)6/h7,10-14H,8-9,15-19H2,1-6H3/p+3/b10-7+. The van der Waals surface area contributed by atoms with E-state index in [9.17, 15) is 0 Å². The number of rotatable bonds is 12. The number of anilines is 1. The minimum atomic E-state index is 1.13. The van der Waals surface area contributed by atoms with Crippen molar-refractivity contribution < 1.29 is 14.7 Å². The fourth-order valence-corrected chi connectivity index (χ4v) is 2.96. The van der Waals surface area contributed by atoms with Crippen molar-refractivity contribution in [3.63, 3.8) is 0 Å². The molecule has 0 aromatic heterocycles. The second-order valence-electron chi connectivity index (χ2n) is 7.96. The third kappa shape index (κ3) is 10.3. The van der Waals surface area contributed by atoms with Gasteiger partial charge in [-0.05, 0) is 23.8 Å². The summed E-state index contributed by atoms with van der Waals surface area (Å²) in [5.74, 6) is 0. The highest BCUT2D eigenvalue weighted by Gasteiger charge is 2.08. The zero-order chi connectivity index (χ0) is 18.7. The lowest BCUT2D eigenvalue weighted by Crippen LogP contribution is -3.14. The Hall–Kier alpha value is -1.36. The van der Waals surface area contributed by atoms with E-state index in [1.54, 1.807) is 14.7 Å². The van der Waals surface area contributed by atoms with Gasteiger partial charge < -0.3 is 19.6 Å². The van der Waals surface area contributed by atoms with Gasteiger partial charge >= 0.3 is 0 Å². The van der Waals surface area contributed by atoms with Crippen LogP contribution in [0, 0.1) is 0 Å². The van der Waals surface area contributed by atoms with Crippen molar-refractivity contribution in [1.29, 1.82) is 0 Å².